The van der Waals surface area contributed by atoms with Crippen LogP contribution in [0.15, 0.2) is 42.5 Å². The first-order valence-electron chi connectivity index (χ1n) is 7.03. The van der Waals surface area contributed by atoms with Crippen molar-refractivity contribution in [2.75, 3.05) is 0 Å². The lowest BCUT2D eigenvalue weighted by molar-refractivity contribution is -0.143. The van der Waals surface area contributed by atoms with Crippen molar-refractivity contribution in [1.82, 2.24) is 5.32 Å². The molecule has 1 aromatic rings. The van der Waals surface area contributed by atoms with Gasteiger partial charge in [0.2, 0.25) is 0 Å². The van der Waals surface area contributed by atoms with Gasteiger partial charge in [0.1, 0.15) is 6.61 Å². The third kappa shape index (κ3) is 2.77. The second-order valence-electron chi connectivity index (χ2n) is 5.54. The Kier molecular flexibility index (Phi) is 3.64. The zero-order valence-corrected chi connectivity index (χ0v) is 11.4. The van der Waals surface area contributed by atoms with Crippen molar-refractivity contribution in [3.63, 3.8) is 0 Å². The molecule has 5 nitrogen and oxygen atoms in total. The van der Waals surface area contributed by atoms with Gasteiger partial charge in [-0.25, -0.2) is 4.79 Å². The van der Waals surface area contributed by atoms with Crippen LogP contribution in [0.25, 0.3) is 0 Å². The minimum absolute atomic E-state index is 0.0203. The number of carboxylic acid groups (broad SMARTS) is 1. The predicted molar refractivity (Wildman–Crippen MR) is 75.4 cm³/mol. The Hall–Kier alpha value is -2.30. The number of ether oxygens (including phenoxy) is 1. The molecule has 0 aliphatic heterocycles. The highest BCUT2D eigenvalue weighted by Gasteiger charge is 2.49. The van der Waals surface area contributed by atoms with Crippen molar-refractivity contribution < 1.29 is 19.4 Å². The maximum atomic E-state index is 11.9. The lowest BCUT2D eigenvalue weighted by Crippen LogP contribution is -2.45. The highest BCUT2D eigenvalue weighted by Crippen LogP contribution is 2.43. The Morgan fingerprint density at radius 2 is 1.90 bits per heavy atom. The van der Waals surface area contributed by atoms with E-state index in [0.29, 0.717) is 0 Å². The molecule has 0 radical (unpaired) electrons. The van der Waals surface area contributed by atoms with Gasteiger partial charge >= 0.3 is 12.1 Å². The zero-order chi connectivity index (χ0) is 14.8. The normalized spacial score (nSPS) is 29.3. The monoisotopic (exact) mass is 287 g/mol. The first-order valence-corrected chi connectivity index (χ1v) is 7.03. The number of hydrogen-bond donors (Lipinski definition) is 2. The van der Waals surface area contributed by atoms with Gasteiger partial charge in [0, 0.05) is 0 Å². The highest BCUT2D eigenvalue weighted by atomic mass is 16.5. The minimum atomic E-state index is -0.861. The number of allylic oxidation sites excluding steroid dienone is 1. The molecule has 0 spiro atoms. The molecule has 4 atom stereocenters. The number of nitrogens with one attached hydrogen (secondary N) is 1. The van der Waals surface area contributed by atoms with E-state index < -0.39 is 18.0 Å². The third-order valence-corrected chi connectivity index (χ3v) is 4.24. The number of alkyl carbamates (subject to hydrolysis) is 1. The average molecular weight is 287 g/mol. The van der Waals surface area contributed by atoms with Gasteiger partial charge in [-0.1, -0.05) is 42.5 Å². The average Bonchev–Trinajstić information content (AvgIpc) is 3.07. The topological polar surface area (TPSA) is 75.6 Å². The van der Waals surface area contributed by atoms with Gasteiger partial charge in [-0.05, 0) is 23.8 Å². The smallest absolute Gasteiger partial charge is 0.407 e. The Morgan fingerprint density at radius 3 is 2.62 bits per heavy atom. The molecule has 1 amide bonds. The molecule has 2 aliphatic carbocycles. The van der Waals surface area contributed by atoms with Gasteiger partial charge in [-0.3, -0.25) is 4.79 Å². The second kappa shape index (κ2) is 5.60. The summed E-state index contributed by atoms with van der Waals surface area (Å²) in [5.41, 5.74) is 0.898. The fourth-order valence-electron chi connectivity index (χ4n) is 3.26. The quantitative estimate of drug-likeness (QED) is 0.832. The molecular formula is C16H17NO4. The minimum Gasteiger partial charge on any atom is -0.481 e. The van der Waals surface area contributed by atoms with Gasteiger partial charge in [-0.2, -0.15) is 0 Å². The van der Waals surface area contributed by atoms with Crippen LogP contribution < -0.4 is 5.32 Å². The molecule has 1 aromatic carbocycles. The van der Waals surface area contributed by atoms with Crippen molar-refractivity contribution in [2.24, 2.45) is 17.8 Å². The van der Waals surface area contributed by atoms with Crippen LogP contribution in [0.3, 0.4) is 0 Å². The number of carboxylic acids is 1. The number of carbonyl (C=O) groups excluding carboxylic acids is 1. The third-order valence-electron chi connectivity index (χ3n) is 4.24. The van der Waals surface area contributed by atoms with E-state index in [1.165, 1.54) is 0 Å². The SMILES string of the molecule is O=C(N[C@@H]1C2C=CC(C2)[C@H]1C(=O)O)OCc1ccccc1. The molecule has 0 aromatic heterocycles. The van der Waals surface area contributed by atoms with E-state index in [4.69, 9.17) is 4.74 Å². The molecule has 0 saturated heterocycles. The molecule has 110 valence electrons. The number of hydrogen-bond acceptors (Lipinski definition) is 3. The van der Waals surface area contributed by atoms with Crippen molar-refractivity contribution in [1.29, 1.82) is 0 Å². The molecule has 2 unspecified atom stereocenters. The van der Waals surface area contributed by atoms with E-state index in [2.05, 4.69) is 5.32 Å². The second-order valence-corrected chi connectivity index (χ2v) is 5.54. The molecule has 2 bridgehead atoms. The molecule has 2 aliphatic rings. The molecular weight excluding hydrogens is 270 g/mol. The molecule has 1 fully saturated rings. The lowest BCUT2D eigenvalue weighted by Gasteiger charge is -2.25. The van der Waals surface area contributed by atoms with Gasteiger partial charge in [-0.15, -0.1) is 0 Å². The lowest BCUT2D eigenvalue weighted by atomic mass is 9.89. The van der Waals surface area contributed by atoms with Crippen LogP contribution in [0, 0.1) is 17.8 Å². The predicted octanol–water partition coefficient (Wildman–Crippen LogP) is 2.19. The first kappa shape index (κ1) is 13.7. The number of rotatable bonds is 4. The molecule has 21 heavy (non-hydrogen) atoms. The van der Waals surface area contributed by atoms with Crippen LogP contribution in [-0.2, 0) is 16.1 Å². The van der Waals surface area contributed by atoms with E-state index >= 15 is 0 Å². The van der Waals surface area contributed by atoms with Crippen molar-refractivity contribution in [2.45, 2.75) is 19.1 Å². The number of aliphatic carboxylic acids is 1. The van der Waals surface area contributed by atoms with Crippen LogP contribution in [0.5, 0.6) is 0 Å². The van der Waals surface area contributed by atoms with Gasteiger partial charge in [0.15, 0.2) is 0 Å². The summed E-state index contributed by atoms with van der Waals surface area (Å²) in [7, 11) is 0. The van der Waals surface area contributed by atoms with Crippen molar-refractivity contribution in [3.8, 4) is 0 Å². The van der Waals surface area contributed by atoms with Gasteiger partial charge in [0.05, 0.1) is 12.0 Å². The maximum Gasteiger partial charge on any atom is 0.407 e. The molecule has 0 heterocycles. The number of benzene rings is 1. The standard InChI is InChI=1S/C16H17NO4/c18-15(19)13-11-6-7-12(8-11)14(13)17-16(20)21-9-10-4-2-1-3-5-10/h1-7,11-14H,8-9H2,(H,17,20)(H,18,19)/t11?,12?,13-,14-/m1/s1. The zero-order valence-electron chi connectivity index (χ0n) is 11.4. The fraction of sp³-hybridized carbons (Fsp3) is 0.375. The summed E-state index contributed by atoms with van der Waals surface area (Å²) >= 11 is 0. The van der Waals surface area contributed by atoms with Gasteiger partial charge in [0.25, 0.3) is 0 Å². The fourth-order valence-corrected chi connectivity index (χ4v) is 3.26. The van der Waals surface area contributed by atoms with Crippen molar-refractivity contribution >= 4 is 12.1 Å². The van der Waals surface area contributed by atoms with Crippen molar-refractivity contribution in [3.05, 3.63) is 48.0 Å². The molecule has 3 rings (SSSR count). The highest BCUT2D eigenvalue weighted by molar-refractivity contribution is 5.75. The maximum absolute atomic E-state index is 11.9. The Balaban J connectivity index is 1.57. The largest absolute Gasteiger partial charge is 0.481 e. The molecule has 1 saturated carbocycles. The van der Waals surface area contributed by atoms with E-state index in [9.17, 15) is 14.7 Å². The van der Waals surface area contributed by atoms with Crippen LogP contribution in [0.1, 0.15) is 12.0 Å². The van der Waals surface area contributed by atoms with E-state index in [1.807, 2.05) is 42.5 Å². The molecule has 5 heteroatoms. The number of amides is 1. The Morgan fingerprint density at radius 1 is 1.19 bits per heavy atom. The summed E-state index contributed by atoms with van der Waals surface area (Å²) in [5, 5.41) is 12.0. The first-order chi connectivity index (χ1) is 10.1. The van der Waals surface area contributed by atoms with E-state index in [1.54, 1.807) is 0 Å². The summed E-state index contributed by atoms with van der Waals surface area (Å²) < 4.78 is 5.16. The number of carbonyl (C=O) groups is 2. The molecule has 2 N–H and O–H groups in total. The summed E-state index contributed by atoms with van der Waals surface area (Å²) in [6.07, 6.45) is 4.17. The number of fused-ring (bicyclic) bond motifs is 2. The summed E-state index contributed by atoms with van der Waals surface area (Å²) in [6.45, 7) is 0.182. The van der Waals surface area contributed by atoms with E-state index in [-0.39, 0.29) is 24.5 Å². The Labute approximate surface area is 122 Å². The van der Waals surface area contributed by atoms with Gasteiger partial charge < -0.3 is 15.2 Å². The summed E-state index contributed by atoms with van der Waals surface area (Å²) in [6, 6.07) is 9.00. The van der Waals surface area contributed by atoms with E-state index in [0.717, 1.165) is 12.0 Å². The summed E-state index contributed by atoms with van der Waals surface area (Å²) in [4.78, 5) is 23.2. The van der Waals surface area contributed by atoms with Crippen LogP contribution in [-0.4, -0.2) is 23.2 Å². The van der Waals surface area contributed by atoms with Crippen LogP contribution in [0.2, 0.25) is 0 Å². The summed E-state index contributed by atoms with van der Waals surface area (Å²) in [5.74, 6) is -1.29. The van der Waals surface area contributed by atoms with Crippen LogP contribution >= 0.6 is 0 Å². The Bertz CT molecular complexity index is 569. The van der Waals surface area contributed by atoms with Crippen LogP contribution in [0.4, 0.5) is 4.79 Å².